The predicted octanol–water partition coefficient (Wildman–Crippen LogP) is -6.46. The number of hydrogen-bond donors (Lipinski definition) is 24. The summed E-state index contributed by atoms with van der Waals surface area (Å²) in [6.07, 6.45) is -3.97. The monoisotopic (exact) mass is 1950 g/mol. The van der Waals surface area contributed by atoms with Crippen molar-refractivity contribution >= 4 is 136 Å². The number of rotatable bonds is 54. The van der Waals surface area contributed by atoms with E-state index in [-0.39, 0.29) is 38.0 Å². The third kappa shape index (κ3) is 38.8. The van der Waals surface area contributed by atoms with E-state index in [1.54, 1.807) is 71.9 Å². The van der Waals surface area contributed by atoms with Gasteiger partial charge in [-0.05, 0) is 187 Å². The first-order chi connectivity index (χ1) is 63.1. The molecule has 27 N–H and O–H groups in total. The molecule has 0 aromatic heterocycles. The van der Waals surface area contributed by atoms with Crippen LogP contribution in [-0.2, 0) is 117 Å². The molecule has 0 spiro atoms. The largest absolute Gasteiger partial charge is 0.394 e. The van der Waals surface area contributed by atoms with Gasteiger partial charge in [-0.2, -0.15) is 0 Å². The molecule has 0 bridgehead atoms. The fraction of sp³-hybridized carbons (Fsp3) is 0.678. The van der Waals surface area contributed by atoms with Gasteiger partial charge in [0, 0.05) is 39.2 Å². The van der Waals surface area contributed by atoms with E-state index in [4.69, 9.17) is 17.2 Å². The zero-order valence-electron chi connectivity index (χ0n) is 84.0. The average molecular weight is 1950 g/mol. The molecule has 12 atom stereocenters. The van der Waals surface area contributed by atoms with Crippen molar-refractivity contribution in [1.82, 2.24) is 106 Å². The fourth-order valence-corrected chi connectivity index (χ4v) is 13.6. The number of aliphatic hydroxyl groups is 2. The lowest BCUT2D eigenvalue weighted by atomic mass is 9.96. The molecule has 48 nitrogen and oxygen atoms in total. The van der Waals surface area contributed by atoms with Crippen molar-refractivity contribution < 1.29 is 120 Å². The van der Waals surface area contributed by atoms with Crippen LogP contribution in [0.1, 0.15) is 237 Å². The first-order valence-electron chi connectivity index (χ1n) is 45.4. The van der Waals surface area contributed by atoms with Crippen molar-refractivity contribution in [3.05, 3.63) is 35.9 Å². The van der Waals surface area contributed by atoms with E-state index in [9.17, 15) is 120 Å². The van der Waals surface area contributed by atoms with E-state index in [0.29, 0.717) is 0 Å². The number of benzene rings is 1. The normalized spacial score (nSPS) is 15.8. The summed E-state index contributed by atoms with van der Waals surface area (Å²) in [5.41, 5.74) is 2.65. The molecule has 0 unspecified atom stereocenters. The van der Waals surface area contributed by atoms with Crippen LogP contribution in [0.15, 0.2) is 30.3 Å². The Hall–Kier alpha value is -13.1. The van der Waals surface area contributed by atoms with E-state index >= 15 is 0 Å². The van der Waals surface area contributed by atoms with Gasteiger partial charge in [-0.1, -0.05) is 71.9 Å². The zero-order valence-corrected chi connectivity index (χ0v) is 84.0. The van der Waals surface area contributed by atoms with Crippen molar-refractivity contribution in [3.63, 3.8) is 0 Å². The van der Waals surface area contributed by atoms with Crippen molar-refractivity contribution in [1.29, 1.82) is 0 Å². The van der Waals surface area contributed by atoms with Crippen LogP contribution >= 0.6 is 0 Å². The summed E-state index contributed by atoms with van der Waals surface area (Å²) in [6, 6.07) is -6.37. The standard InChI is InChI=1S/C90H149N23O25/c1-44(2)38-57(71(127)109-90(25,26)82(138)113-42-53(116)40-58(113)72(128)103-63(45(3)4)73(129)111-89(23,24)81(137)112-88(21,22)79(135)102-55(33-36-60(92)118)69(125)101-54(32-35-59(91)117)68(124)98-52(43-114)39-51-30-28-27-29-31-51)99-62(120)41-94-75(131)83(11,12)110-74(130)64(46(5)6)104-80(136)87(19,20)108-70(126)56(34-37-61(93)119)100-65(121)47(7)95-77(133)85(15,16)106-67(123)49(9)97-78(134)86(17,18)107-66(122)48(8)96-76(132)84(13,14)105-50(10)115/h27-31,44-49,52-58,63-64,114,116H,32-43H2,1-26H3,(H2,91,117)(H2,92,118)(H2,93,119)(H,94,131)(H,95,133)(H,96,132)(H,97,134)(H,98,124)(H,99,120)(H,100,121)(H,101,125)(H,102,135)(H,103,128)(H,104,136)(H,105,115)(H,106,123)(H,107,122)(H,108,126)(H,109,127)(H,110,130)(H,111,129)(H,112,137)/t47-,48-,49-,52-,53+,54-,55-,56-,57-,58-,63-,64-/m0/s1. The van der Waals surface area contributed by atoms with Crippen LogP contribution in [0, 0.1) is 17.8 Å². The zero-order chi connectivity index (χ0) is 107. The summed E-state index contributed by atoms with van der Waals surface area (Å²) >= 11 is 0. The van der Waals surface area contributed by atoms with Crippen LogP contribution in [0.4, 0.5) is 0 Å². The van der Waals surface area contributed by atoms with E-state index in [1.807, 2.05) is 0 Å². The molecule has 138 heavy (non-hydrogen) atoms. The molecular weight excluding hydrogens is 1800 g/mol. The van der Waals surface area contributed by atoms with Crippen LogP contribution in [0.25, 0.3) is 0 Å². The van der Waals surface area contributed by atoms with Gasteiger partial charge < -0.3 is 133 Å². The van der Waals surface area contributed by atoms with Gasteiger partial charge in [-0.15, -0.1) is 0 Å². The molecule has 1 aromatic carbocycles. The number of amides is 23. The molecular formula is C90H149N23O25. The molecule has 1 saturated heterocycles. The Labute approximate surface area is 804 Å². The van der Waals surface area contributed by atoms with Crippen LogP contribution < -0.4 is 118 Å². The molecule has 1 aliphatic rings. The van der Waals surface area contributed by atoms with E-state index in [0.717, 1.165) is 10.5 Å². The lowest BCUT2D eigenvalue weighted by molar-refractivity contribution is -0.146. The number of carbonyl (C=O) groups is 23. The maximum atomic E-state index is 14.6. The maximum absolute atomic E-state index is 14.6. The number of likely N-dealkylation sites (tertiary alicyclic amines) is 1. The number of β-amino-alcohol motifs (C(OH)–C–C–N with tert-alkyl or cyclic N) is 1. The first-order valence-corrected chi connectivity index (χ1v) is 45.4. The van der Waals surface area contributed by atoms with Crippen LogP contribution in [0.5, 0.6) is 0 Å². The molecule has 23 amide bonds. The fourth-order valence-electron chi connectivity index (χ4n) is 13.6. The van der Waals surface area contributed by atoms with E-state index < -0.39 is 310 Å². The highest BCUT2D eigenvalue weighted by molar-refractivity contribution is 6.05. The maximum Gasteiger partial charge on any atom is 0.248 e. The van der Waals surface area contributed by atoms with Gasteiger partial charge >= 0.3 is 0 Å². The van der Waals surface area contributed by atoms with Crippen LogP contribution in [-0.4, -0.2) is 288 Å². The highest BCUT2D eigenvalue weighted by Gasteiger charge is 2.49. The van der Waals surface area contributed by atoms with E-state index in [2.05, 4.69) is 101 Å². The van der Waals surface area contributed by atoms with Crippen molar-refractivity contribution in [2.24, 2.45) is 35.0 Å². The topological polar surface area (TPSA) is 743 Å². The number of nitrogens with zero attached hydrogens (tertiary/aromatic N) is 1. The number of hydrogen-bond acceptors (Lipinski definition) is 25. The molecule has 1 heterocycles. The van der Waals surface area contributed by atoms with Crippen molar-refractivity contribution in [2.75, 3.05) is 19.7 Å². The second-order valence-electron chi connectivity index (χ2n) is 40.1. The van der Waals surface area contributed by atoms with Gasteiger partial charge in [-0.3, -0.25) is 110 Å². The lowest BCUT2D eigenvalue weighted by Crippen LogP contribution is -2.66. The minimum absolute atomic E-state index is 0.0367. The van der Waals surface area contributed by atoms with Crippen molar-refractivity contribution in [2.45, 2.75) is 355 Å². The minimum atomic E-state index is -1.92. The van der Waals surface area contributed by atoms with Gasteiger partial charge in [0.05, 0.1) is 25.3 Å². The first kappa shape index (κ1) is 121. The Balaban J connectivity index is 2.19. The predicted molar refractivity (Wildman–Crippen MR) is 501 cm³/mol. The molecule has 1 aliphatic heterocycles. The SMILES string of the molecule is CC(=O)NC(C)(C)C(=O)N[C@@H](C)C(=O)NC(C)(C)C(=O)N[C@@H](C)C(=O)NC(C)(C)C(=O)N[C@@H](C)C(=O)N[C@@H](CCC(N)=O)C(=O)NC(C)(C)C(=O)N[C@H](C(=O)NC(C)(C)C(=O)NCC(=O)N[C@@H](CC(C)C)C(=O)NC(C)(C)C(=O)N1C[C@H](O)C[C@H]1C(=O)N[C@H](C(=O)NC(C)(C)C(=O)NC(C)(C)C(=O)N[C@@H](CCC(N)=O)C(=O)N[C@@H](CCC(N)=O)C(=O)N[C@H](CO)Cc1ccccc1)C(C)C)C(C)C. The van der Waals surface area contributed by atoms with Crippen LogP contribution in [0.3, 0.4) is 0 Å². The molecule has 0 radical (unpaired) electrons. The Morgan fingerprint density at radius 2 is 0.725 bits per heavy atom. The third-order valence-corrected chi connectivity index (χ3v) is 22.2. The van der Waals surface area contributed by atoms with E-state index in [1.165, 1.54) is 138 Å². The van der Waals surface area contributed by atoms with Gasteiger partial charge in [0.25, 0.3) is 0 Å². The molecule has 0 aliphatic carbocycles. The van der Waals surface area contributed by atoms with Gasteiger partial charge in [-0.25, -0.2) is 0 Å². The summed E-state index contributed by atoms with van der Waals surface area (Å²) in [7, 11) is 0. The summed E-state index contributed by atoms with van der Waals surface area (Å²) in [4.78, 5) is 312. The lowest BCUT2D eigenvalue weighted by Gasteiger charge is -2.35. The molecule has 1 aromatic rings. The number of carbonyl (C=O) groups excluding carboxylic acids is 23. The second-order valence-corrected chi connectivity index (χ2v) is 40.1. The molecule has 0 saturated carbocycles. The smallest absolute Gasteiger partial charge is 0.248 e. The molecule has 1 fully saturated rings. The highest BCUT2D eigenvalue weighted by atomic mass is 16.3. The highest BCUT2D eigenvalue weighted by Crippen LogP contribution is 2.25. The summed E-state index contributed by atoms with van der Waals surface area (Å²) < 4.78 is 0. The van der Waals surface area contributed by atoms with Gasteiger partial charge in [0.15, 0.2) is 0 Å². The second kappa shape index (κ2) is 51.4. The third-order valence-electron chi connectivity index (χ3n) is 22.2. The number of nitrogens with two attached hydrogens (primary N) is 3. The Morgan fingerprint density at radius 3 is 1.15 bits per heavy atom. The van der Waals surface area contributed by atoms with Gasteiger partial charge in [0.1, 0.15) is 105 Å². The quantitative estimate of drug-likeness (QED) is 0.0288. The summed E-state index contributed by atoms with van der Waals surface area (Å²) in [5, 5.41) is 68.7. The number of nitrogens with one attached hydrogen (secondary N) is 19. The summed E-state index contributed by atoms with van der Waals surface area (Å²) in [5.74, 6) is -22.2. The molecule has 2 rings (SSSR count). The van der Waals surface area contributed by atoms with Crippen molar-refractivity contribution in [3.8, 4) is 0 Å². The number of primary amides is 3. The average Bonchev–Trinajstić information content (AvgIpc) is 1.64. The minimum Gasteiger partial charge on any atom is -0.394 e. The molecule has 774 valence electrons. The Kier molecular flexibility index (Phi) is 45.1. The Morgan fingerprint density at radius 1 is 0.377 bits per heavy atom. The number of aliphatic hydroxyl groups excluding tert-OH is 2. The summed E-state index contributed by atoms with van der Waals surface area (Å²) in [6.45, 7) is 33.7. The van der Waals surface area contributed by atoms with Crippen LogP contribution in [0.2, 0.25) is 0 Å². The Bertz CT molecular complexity index is 4640. The van der Waals surface area contributed by atoms with Gasteiger partial charge in [0.2, 0.25) is 136 Å². The molecule has 48 heteroatoms.